The summed E-state index contributed by atoms with van der Waals surface area (Å²) in [6, 6.07) is 11.4. The second kappa shape index (κ2) is 6.67. The van der Waals surface area contributed by atoms with Gasteiger partial charge in [0.1, 0.15) is 5.82 Å². The minimum Gasteiger partial charge on any atom is -0.371 e. The van der Waals surface area contributed by atoms with E-state index >= 15 is 0 Å². The molecule has 128 valence electrons. The molecule has 25 heavy (non-hydrogen) atoms. The molecule has 4 nitrogen and oxygen atoms in total. The van der Waals surface area contributed by atoms with Gasteiger partial charge in [-0.2, -0.15) is 5.10 Å². The van der Waals surface area contributed by atoms with Crippen LogP contribution in [0.3, 0.4) is 0 Å². The lowest BCUT2D eigenvalue weighted by Crippen LogP contribution is -2.33. The van der Waals surface area contributed by atoms with E-state index < -0.39 is 0 Å². The van der Waals surface area contributed by atoms with E-state index in [1.165, 1.54) is 5.69 Å². The van der Waals surface area contributed by atoms with Gasteiger partial charge in [-0.05, 0) is 49.6 Å². The van der Waals surface area contributed by atoms with Crippen LogP contribution >= 0.6 is 0 Å². The smallest absolute Gasteiger partial charge is 0.126 e. The number of aromatic amines is 1. The minimum absolute atomic E-state index is 0.190. The van der Waals surface area contributed by atoms with Gasteiger partial charge in [-0.15, -0.1) is 0 Å². The summed E-state index contributed by atoms with van der Waals surface area (Å²) in [4.78, 5) is 6.80. The summed E-state index contributed by atoms with van der Waals surface area (Å²) in [5, 5.41) is 7.14. The van der Waals surface area contributed by atoms with Crippen LogP contribution in [0.1, 0.15) is 30.0 Å². The zero-order valence-corrected chi connectivity index (χ0v) is 14.2. The number of benzene rings is 1. The van der Waals surface area contributed by atoms with Crippen molar-refractivity contribution in [3.63, 3.8) is 0 Å². The average Bonchev–Trinajstić information content (AvgIpc) is 3.19. The van der Waals surface area contributed by atoms with Crippen molar-refractivity contribution in [1.29, 1.82) is 0 Å². The maximum atomic E-state index is 13.9. The Labute approximate surface area is 146 Å². The fourth-order valence-corrected chi connectivity index (χ4v) is 3.47. The van der Waals surface area contributed by atoms with E-state index in [9.17, 15) is 4.39 Å². The maximum Gasteiger partial charge on any atom is 0.126 e. The molecule has 1 fully saturated rings. The third kappa shape index (κ3) is 3.27. The van der Waals surface area contributed by atoms with Gasteiger partial charge in [-0.1, -0.05) is 12.1 Å². The fraction of sp³-hybridized carbons (Fsp3) is 0.300. The molecule has 0 atom stereocenters. The second-order valence-electron chi connectivity index (χ2n) is 6.64. The predicted octanol–water partition coefficient (Wildman–Crippen LogP) is 4.30. The molecule has 0 saturated carbocycles. The normalized spacial score (nSPS) is 15.5. The van der Waals surface area contributed by atoms with Gasteiger partial charge in [-0.25, -0.2) is 4.39 Å². The number of piperidine rings is 1. The number of nitrogens with one attached hydrogen (secondary N) is 1. The molecule has 1 N–H and O–H groups in total. The molecule has 0 amide bonds. The zero-order chi connectivity index (χ0) is 17.2. The molecule has 1 aliphatic heterocycles. The van der Waals surface area contributed by atoms with Crippen molar-refractivity contribution < 1.29 is 4.39 Å². The topological polar surface area (TPSA) is 44.8 Å². The summed E-state index contributed by atoms with van der Waals surface area (Å²) in [6.45, 7) is 3.76. The molecule has 0 radical (unpaired) electrons. The summed E-state index contributed by atoms with van der Waals surface area (Å²) in [5.41, 5.74) is 4.66. The van der Waals surface area contributed by atoms with E-state index in [-0.39, 0.29) is 5.82 Å². The van der Waals surface area contributed by atoms with Gasteiger partial charge in [0.2, 0.25) is 0 Å². The third-order valence-corrected chi connectivity index (χ3v) is 5.03. The highest BCUT2D eigenvalue weighted by Crippen LogP contribution is 2.30. The summed E-state index contributed by atoms with van der Waals surface area (Å²) in [6.07, 6.45) is 5.82. The van der Waals surface area contributed by atoms with E-state index in [2.05, 4.69) is 32.2 Å². The number of anilines is 1. The minimum atomic E-state index is -0.190. The molecule has 5 heteroatoms. The molecule has 3 heterocycles. The van der Waals surface area contributed by atoms with Crippen LogP contribution in [-0.4, -0.2) is 28.3 Å². The Bertz CT molecular complexity index is 852. The Hall–Kier alpha value is -2.69. The first-order valence-electron chi connectivity index (χ1n) is 8.67. The van der Waals surface area contributed by atoms with Crippen molar-refractivity contribution >= 4 is 5.69 Å². The standard InChI is InChI=1S/C20H21FN4/c1-14-2-3-16(12-18(14)21)20-13-17(4-8-22-20)25-10-6-15(7-11-25)19-5-9-23-24-19/h2-5,8-9,12-13,15H,6-7,10-11H2,1H3,(H,23,24). The Kier molecular flexibility index (Phi) is 4.22. The van der Waals surface area contributed by atoms with Crippen LogP contribution in [0.4, 0.5) is 10.1 Å². The Morgan fingerprint density at radius 2 is 1.92 bits per heavy atom. The van der Waals surface area contributed by atoms with Gasteiger partial charge >= 0.3 is 0 Å². The number of hydrogen-bond donors (Lipinski definition) is 1. The first kappa shape index (κ1) is 15.8. The second-order valence-corrected chi connectivity index (χ2v) is 6.64. The molecule has 1 saturated heterocycles. The monoisotopic (exact) mass is 336 g/mol. The van der Waals surface area contributed by atoms with Crippen molar-refractivity contribution in [1.82, 2.24) is 15.2 Å². The van der Waals surface area contributed by atoms with Crippen molar-refractivity contribution in [3.8, 4) is 11.3 Å². The molecule has 0 bridgehead atoms. The van der Waals surface area contributed by atoms with E-state index in [0.29, 0.717) is 11.5 Å². The fourth-order valence-electron chi connectivity index (χ4n) is 3.47. The van der Waals surface area contributed by atoms with Crippen LogP contribution in [0.25, 0.3) is 11.3 Å². The lowest BCUT2D eigenvalue weighted by molar-refractivity contribution is 0.495. The molecular formula is C20H21FN4. The number of hydrogen-bond acceptors (Lipinski definition) is 3. The van der Waals surface area contributed by atoms with Crippen LogP contribution in [0, 0.1) is 12.7 Å². The molecule has 0 spiro atoms. The van der Waals surface area contributed by atoms with Crippen LogP contribution in [0.2, 0.25) is 0 Å². The number of aromatic nitrogens is 3. The highest BCUT2D eigenvalue weighted by atomic mass is 19.1. The number of nitrogens with zero attached hydrogens (tertiary/aromatic N) is 3. The van der Waals surface area contributed by atoms with E-state index in [1.54, 1.807) is 19.1 Å². The van der Waals surface area contributed by atoms with E-state index in [1.807, 2.05) is 24.5 Å². The lowest BCUT2D eigenvalue weighted by Gasteiger charge is -2.33. The van der Waals surface area contributed by atoms with Crippen molar-refractivity contribution in [3.05, 3.63) is 65.9 Å². The summed E-state index contributed by atoms with van der Waals surface area (Å²) < 4.78 is 13.9. The van der Waals surface area contributed by atoms with Crippen LogP contribution < -0.4 is 4.90 Å². The van der Waals surface area contributed by atoms with Crippen molar-refractivity contribution in [2.24, 2.45) is 0 Å². The largest absolute Gasteiger partial charge is 0.371 e. The lowest BCUT2D eigenvalue weighted by atomic mass is 9.93. The molecule has 4 rings (SSSR count). The molecule has 3 aromatic rings. The molecule has 2 aromatic heterocycles. The summed E-state index contributed by atoms with van der Waals surface area (Å²) in [5.74, 6) is 0.358. The molecule has 0 aliphatic carbocycles. The van der Waals surface area contributed by atoms with E-state index in [0.717, 1.165) is 42.9 Å². The van der Waals surface area contributed by atoms with Gasteiger partial charge < -0.3 is 4.90 Å². The summed E-state index contributed by atoms with van der Waals surface area (Å²) >= 11 is 0. The number of rotatable bonds is 3. The Morgan fingerprint density at radius 1 is 1.08 bits per heavy atom. The molecular weight excluding hydrogens is 315 g/mol. The number of H-pyrrole nitrogens is 1. The highest BCUT2D eigenvalue weighted by Gasteiger charge is 2.22. The van der Waals surface area contributed by atoms with Gasteiger partial charge in [0.05, 0.1) is 5.69 Å². The number of halogens is 1. The SMILES string of the molecule is Cc1ccc(-c2cc(N3CCC(c4ccn[nH]4)CC3)ccn2)cc1F. The van der Waals surface area contributed by atoms with Crippen LogP contribution in [0.5, 0.6) is 0 Å². The van der Waals surface area contributed by atoms with Crippen molar-refractivity contribution in [2.45, 2.75) is 25.7 Å². The maximum absolute atomic E-state index is 13.9. The van der Waals surface area contributed by atoms with Crippen LogP contribution in [0.15, 0.2) is 48.8 Å². The zero-order valence-electron chi connectivity index (χ0n) is 14.2. The Morgan fingerprint density at radius 3 is 2.64 bits per heavy atom. The van der Waals surface area contributed by atoms with Gasteiger partial charge in [0, 0.05) is 48.3 Å². The van der Waals surface area contributed by atoms with Crippen LogP contribution in [-0.2, 0) is 0 Å². The first-order chi connectivity index (χ1) is 12.2. The van der Waals surface area contributed by atoms with Gasteiger partial charge in [0.15, 0.2) is 0 Å². The van der Waals surface area contributed by atoms with Gasteiger partial charge in [0.25, 0.3) is 0 Å². The number of aryl methyl sites for hydroxylation is 1. The predicted molar refractivity (Wildman–Crippen MR) is 97.1 cm³/mol. The quantitative estimate of drug-likeness (QED) is 0.775. The van der Waals surface area contributed by atoms with Gasteiger partial charge in [-0.3, -0.25) is 10.1 Å². The third-order valence-electron chi connectivity index (χ3n) is 5.03. The van der Waals surface area contributed by atoms with E-state index in [4.69, 9.17) is 0 Å². The Balaban J connectivity index is 1.51. The first-order valence-corrected chi connectivity index (χ1v) is 8.67. The highest BCUT2D eigenvalue weighted by molar-refractivity contribution is 5.65. The number of pyridine rings is 1. The van der Waals surface area contributed by atoms with Crippen molar-refractivity contribution in [2.75, 3.05) is 18.0 Å². The molecule has 1 aromatic carbocycles. The summed E-state index contributed by atoms with van der Waals surface area (Å²) in [7, 11) is 0. The molecule has 0 unspecified atom stereocenters. The molecule has 1 aliphatic rings. The average molecular weight is 336 g/mol.